The highest BCUT2D eigenvalue weighted by molar-refractivity contribution is 5.79. The van der Waals surface area contributed by atoms with Crippen LogP contribution in [0.15, 0.2) is 12.3 Å². The topological polar surface area (TPSA) is 168 Å². The summed E-state index contributed by atoms with van der Waals surface area (Å²) >= 11 is 0. The maximum atomic E-state index is 12.0. The molecule has 0 bridgehead atoms. The summed E-state index contributed by atoms with van der Waals surface area (Å²) in [5.74, 6) is 2.69. The van der Waals surface area contributed by atoms with E-state index in [1.165, 1.54) is 7.11 Å². The van der Waals surface area contributed by atoms with Crippen molar-refractivity contribution in [2.24, 2.45) is 34.1 Å². The number of carbonyl (C=O) groups is 3. The van der Waals surface area contributed by atoms with Gasteiger partial charge in [0.15, 0.2) is 0 Å². The molecule has 1 aliphatic heterocycles. The third-order valence-corrected chi connectivity index (χ3v) is 5.50. The van der Waals surface area contributed by atoms with Crippen molar-refractivity contribution in [2.45, 2.75) is 74.8 Å². The van der Waals surface area contributed by atoms with Crippen LogP contribution in [0, 0.1) is 29.6 Å². The van der Waals surface area contributed by atoms with Gasteiger partial charge in [0.1, 0.15) is 11.6 Å². The molecule has 0 spiro atoms. The predicted octanol–water partition coefficient (Wildman–Crippen LogP) is 2.54. The van der Waals surface area contributed by atoms with Gasteiger partial charge in [0, 0.05) is 25.7 Å². The standard InChI is InChI=1S/C13H23NO.C5H7N3.C3H8N2O.C2H4O2.C2H6/c1-12(2,3)6-11(15)14-7-9-10(8-14)13(9,4)5;1-4-7-3-2-5(6)8-4;1-2(4)3(5)6;1-4-2-3;1-2/h9-10H,6-8H2,1-5H3;2-3H,1H3,(H2,6,7,8);2H,4H2,1H3,(H2,5,6);2H,1H3;1-2H3. The molecule has 1 aromatic rings. The van der Waals surface area contributed by atoms with Gasteiger partial charge < -0.3 is 26.8 Å². The van der Waals surface area contributed by atoms with E-state index in [1.807, 2.05) is 13.8 Å². The molecule has 2 fully saturated rings. The number of aryl methyl sites for hydroxylation is 1. The van der Waals surface area contributed by atoms with E-state index in [0.717, 1.165) is 24.9 Å². The van der Waals surface area contributed by atoms with Crippen molar-refractivity contribution < 1.29 is 19.1 Å². The van der Waals surface area contributed by atoms with E-state index in [4.69, 9.17) is 16.3 Å². The number of hydrogen-bond acceptors (Lipinski definition) is 8. The highest BCUT2D eigenvalue weighted by Gasteiger charge is 2.62. The molecule has 2 aliphatic rings. The first-order valence-corrected chi connectivity index (χ1v) is 11.9. The second kappa shape index (κ2) is 16.0. The minimum Gasteiger partial charge on any atom is -0.471 e. The van der Waals surface area contributed by atoms with Gasteiger partial charge >= 0.3 is 0 Å². The van der Waals surface area contributed by atoms with Crippen molar-refractivity contribution in [1.29, 1.82) is 0 Å². The quantitative estimate of drug-likeness (QED) is 0.536. The summed E-state index contributed by atoms with van der Waals surface area (Å²) in [6, 6.07) is 1.15. The first kappa shape index (κ1) is 34.4. The molecule has 3 rings (SSSR count). The number of primary amides is 1. The van der Waals surface area contributed by atoms with Crippen LogP contribution in [-0.2, 0) is 19.1 Å². The monoisotopic (exact) mass is 496 g/mol. The van der Waals surface area contributed by atoms with E-state index in [1.54, 1.807) is 26.1 Å². The van der Waals surface area contributed by atoms with Crippen molar-refractivity contribution in [1.82, 2.24) is 14.9 Å². The Bertz CT molecular complexity index is 746. The number of hydrogen-bond donors (Lipinski definition) is 3. The summed E-state index contributed by atoms with van der Waals surface area (Å²) in [4.78, 5) is 40.5. The number of amides is 2. The second-order valence-corrected chi connectivity index (χ2v) is 10.1. The van der Waals surface area contributed by atoms with Gasteiger partial charge in [0.2, 0.25) is 11.8 Å². The van der Waals surface area contributed by atoms with Crippen molar-refractivity contribution in [3.8, 4) is 0 Å². The highest BCUT2D eigenvalue weighted by Crippen LogP contribution is 2.62. The zero-order valence-electron chi connectivity index (χ0n) is 23.3. The lowest BCUT2D eigenvalue weighted by Crippen LogP contribution is -2.35. The summed E-state index contributed by atoms with van der Waals surface area (Å²) in [6.45, 7) is 20.8. The van der Waals surface area contributed by atoms with Gasteiger partial charge in [-0.1, -0.05) is 48.5 Å². The number of nitrogens with two attached hydrogens (primary N) is 3. The zero-order chi connectivity index (χ0) is 28.0. The van der Waals surface area contributed by atoms with Crippen LogP contribution < -0.4 is 17.2 Å². The summed E-state index contributed by atoms with van der Waals surface area (Å²) in [5, 5.41) is 0. The van der Waals surface area contributed by atoms with Crippen LogP contribution in [0.2, 0.25) is 0 Å². The Hall–Kier alpha value is -2.75. The smallest absolute Gasteiger partial charge is 0.292 e. The summed E-state index contributed by atoms with van der Waals surface area (Å²) < 4.78 is 3.86. The lowest BCUT2D eigenvalue weighted by Gasteiger charge is -2.26. The fraction of sp³-hybridized carbons (Fsp3) is 0.720. The average molecular weight is 497 g/mol. The molecule has 3 unspecified atom stereocenters. The van der Waals surface area contributed by atoms with Crippen LogP contribution in [-0.4, -0.2) is 59.4 Å². The van der Waals surface area contributed by atoms with Crippen LogP contribution in [0.4, 0.5) is 5.82 Å². The summed E-state index contributed by atoms with van der Waals surface area (Å²) in [5.41, 5.74) is 15.6. The molecule has 10 heteroatoms. The Labute approximate surface area is 211 Å². The van der Waals surface area contributed by atoms with E-state index in [2.05, 4.69) is 60.0 Å². The number of ether oxygens (including phenoxy) is 1. The number of fused-ring (bicyclic) bond motifs is 1. The van der Waals surface area contributed by atoms with E-state index < -0.39 is 11.9 Å². The van der Waals surface area contributed by atoms with Gasteiger partial charge in [-0.25, -0.2) is 9.97 Å². The number of piperidine rings is 1. The Morgan fingerprint density at radius 1 is 1.26 bits per heavy atom. The molecule has 1 saturated carbocycles. The van der Waals surface area contributed by atoms with Crippen LogP contribution in [0.1, 0.15) is 67.6 Å². The maximum absolute atomic E-state index is 12.0. The zero-order valence-corrected chi connectivity index (χ0v) is 23.3. The summed E-state index contributed by atoms with van der Waals surface area (Å²) in [7, 11) is 1.31. The molecule has 10 nitrogen and oxygen atoms in total. The Kier molecular flexibility index (Phi) is 15.8. The number of rotatable bonds is 3. The number of carbonyl (C=O) groups excluding carboxylic acids is 3. The van der Waals surface area contributed by atoms with Crippen molar-refractivity contribution in [2.75, 3.05) is 25.9 Å². The Morgan fingerprint density at radius 2 is 1.69 bits per heavy atom. The van der Waals surface area contributed by atoms with Crippen molar-refractivity contribution >= 4 is 24.1 Å². The van der Waals surface area contributed by atoms with E-state index >= 15 is 0 Å². The number of methoxy groups -OCH3 is 1. The Balaban J connectivity index is 0. The average Bonchev–Trinajstić information content (AvgIpc) is 3.09. The molecule has 2 amide bonds. The molecular formula is C25H48N6O4. The van der Waals surface area contributed by atoms with Gasteiger partial charge in [-0.05, 0) is 42.6 Å². The fourth-order valence-electron chi connectivity index (χ4n) is 3.38. The SMILES string of the molecule is CC.CC(C)(C)CC(=O)N1CC2C(C1)C2(C)C.CC(N)C(N)=O.COC=O.Cc1nccc(N)n1. The first-order valence-electron chi connectivity index (χ1n) is 11.9. The van der Waals surface area contributed by atoms with Crippen molar-refractivity contribution in [3.63, 3.8) is 0 Å². The molecule has 202 valence electrons. The van der Waals surface area contributed by atoms with Crippen molar-refractivity contribution in [3.05, 3.63) is 18.1 Å². The van der Waals surface area contributed by atoms with E-state index in [9.17, 15) is 9.59 Å². The van der Waals surface area contributed by atoms with E-state index in [-0.39, 0.29) is 5.41 Å². The van der Waals surface area contributed by atoms with Crippen LogP contribution in [0.3, 0.4) is 0 Å². The molecular weight excluding hydrogens is 448 g/mol. The van der Waals surface area contributed by atoms with Crippen LogP contribution in [0.25, 0.3) is 0 Å². The predicted molar refractivity (Wildman–Crippen MR) is 140 cm³/mol. The maximum Gasteiger partial charge on any atom is 0.292 e. The molecule has 1 saturated heterocycles. The molecule has 1 aromatic heterocycles. The Morgan fingerprint density at radius 3 is 1.94 bits per heavy atom. The largest absolute Gasteiger partial charge is 0.471 e. The molecule has 2 heterocycles. The minimum absolute atomic E-state index is 0.124. The lowest BCUT2D eigenvalue weighted by molar-refractivity contribution is -0.133. The molecule has 0 radical (unpaired) electrons. The normalized spacial score (nSPS) is 19.2. The van der Waals surface area contributed by atoms with Gasteiger partial charge in [-0.2, -0.15) is 0 Å². The van der Waals surface area contributed by atoms with Crippen LogP contribution >= 0.6 is 0 Å². The highest BCUT2D eigenvalue weighted by atomic mass is 16.5. The third kappa shape index (κ3) is 14.3. The fourth-order valence-corrected chi connectivity index (χ4v) is 3.38. The lowest BCUT2D eigenvalue weighted by atomic mass is 9.91. The number of nitrogen functional groups attached to an aromatic ring is 1. The minimum atomic E-state index is -0.509. The van der Waals surface area contributed by atoms with Gasteiger partial charge in [0.25, 0.3) is 6.47 Å². The molecule has 3 atom stereocenters. The van der Waals surface area contributed by atoms with Gasteiger partial charge in [-0.3, -0.25) is 14.4 Å². The summed E-state index contributed by atoms with van der Waals surface area (Å²) in [6.07, 6.45) is 2.32. The number of aromatic nitrogens is 2. The molecule has 1 aliphatic carbocycles. The third-order valence-electron chi connectivity index (χ3n) is 5.50. The molecule has 0 aromatic carbocycles. The van der Waals surface area contributed by atoms with E-state index in [0.29, 0.717) is 35.9 Å². The number of anilines is 1. The van der Waals surface area contributed by atoms with Gasteiger partial charge in [0.05, 0.1) is 13.2 Å². The molecule has 35 heavy (non-hydrogen) atoms. The van der Waals surface area contributed by atoms with Crippen LogP contribution in [0.5, 0.6) is 0 Å². The number of likely N-dealkylation sites (tertiary alicyclic amines) is 1. The molecule has 6 N–H and O–H groups in total. The van der Waals surface area contributed by atoms with Gasteiger partial charge in [-0.15, -0.1) is 0 Å². The first-order chi connectivity index (χ1) is 16.1. The second-order valence-electron chi connectivity index (χ2n) is 10.1. The number of nitrogens with zero attached hydrogens (tertiary/aromatic N) is 3.